The molecule has 8 nitrogen and oxygen atoms in total. The largest absolute Gasteiger partial charge is 0.368 e. The van der Waals surface area contributed by atoms with Crippen molar-refractivity contribution in [3.63, 3.8) is 0 Å². The molecule has 0 aliphatic rings. The zero-order chi connectivity index (χ0) is 27.1. The fraction of sp³-hybridized carbons (Fsp3) is 0.241. The summed E-state index contributed by atoms with van der Waals surface area (Å²) in [5.41, 5.74) is 12.1. The molecule has 0 saturated heterocycles. The van der Waals surface area contributed by atoms with E-state index in [1.54, 1.807) is 18.2 Å². The minimum absolute atomic E-state index is 0.0782. The number of benzene rings is 4. The van der Waals surface area contributed by atoms with Crippen LogP contribution in [-0.2, 0) is 26.0 Å². The van der Waals surface area contributed by atoms with E-state index in [1.807, 2.05) is 60.7 Å². The van der Waals surface area contributed by atoms with Crippen LogP contribution in [0.25, 0.3) is 21.5 Å². The van der Waals surface area contributed by atoms with Crippen molar-refractivity contribution in [2.75, 3.05) is 6.54 Å². The van der Waals surface area contributed by atoms with E-state index < -0.39 is 33.9 Å². The first kappa shape index (κ1) is 27.3. The van der Waals surface area contributed by atoms with Gasteiger partial charge in [-0.05, 0) is 47.2 Å². The summed E-state index contributed by atoms with van der Waals surface area (Å²) in [5, 5.41) is 5.97. The maximum atomic E-state index is 13.4. The van der Waals surface area contributed by atoms with E-state index in [-0.39, 0.29) is 17.7 Å². The lowest BCUT2D eigenvalue weighted by Crippen LogP contribution is -2.53. The Labute approximate surface area is 222 Å². The zero-order valence-corrected chi connectivity index (χ0v) is 21.8. The van der Waals surface area contributed by atoms with Crippen molar-refractivity contribution in [1.82, 2.24) is 10.0 Å². The predicted octanol–water partition coefficient (Wildman–Crippen LogP) is 2.98. The summed E-state index contributed by atoms with van der Waals surface area (Å²) in [7, 11) is -4.07. The molecule has 0 radical (unpaired) electrons. The Balaban J connectivity index is 1.58. The fourth-order valence-electron chi connectivity index (χ4n) is 4.60. The van der Waals surface area contributed by atoms with Crippen LogP contribution in [0.4, 0.5) is 0 Å². The number of carbonyl (C=O) groups excluding carboxylic acids is 2. The molecule has 0 aliphatic heterocycles. The van der Waals surface area contributed by atoms with E-state index in [2.05, 4.69) is 10.0 Å². The topological polar surface area (TPSA) is 144 Å². The number of nitrogens with one attached hydrogen (secondary N) is 2. The molecule has 0 aliphatic carbocycles. The van der Waals surface area contributed by atoms with Crippen LogP contribution in [0.5, 0.6) is 0 Å². The maximum absolute atomic E-state index is 13.4. The highest BCUT2D eigenvalue weighted by Gasteiger charge is 2.29. The van der Waals surface area contributed by atoms with Crippen molar-refractivity contribution >= 4 is 43.4 Å². The van der Waals surface area contributed by atoms with E-state index in [4.69, 9.17) is 11.5 Å². The SMILES string of the molecule is NCCCC[C@H](NS(=O)(=O)c1cccc2ccccc12)C(=O)N[C@@H](Cc1cccc2ccccc12)C(N)=O. The average molecular weight is 533 g/mol. The molecule has 0 unspecified atom stereocenters. The second-order valence-corrected chi connectivity index (χ2v) is 10.9. The van der Waals surface area contributed by atoms with Crippen LogP contribution in [0.3, 0.4) is 0 Å². The Bertz CT molecular complexity index is 1540. The average Bonchev–Trinajstić information content (AvgIpc) is 2.92. The molecule has 4 rings (SSSR count). The number of carbonyl (C=O) groups is 2. The number of unbranched alkanes of at least 4 members (excludes halogenated alkanes) is 1. The van der Waals surface area contributed by atoms with Gasteiger partial charge in [0.15, 0.2) is 0 Å². The third kappa shape index (κ3) is 6.36. The Kier molecular flexibility index (Phi) is 8.73. The van der Waals surface area contributed by atoms with E-state index >= 15 is 0 Å². The van der Waals surface area contributed by atoms with Gasteiger partial charge in [-0.1, -0.05) is 85.3 Å². The van der Waals surface area contributed by atoms with Gasteiger partial charge in [0.25, 0.3) is 0 Å². The highest BCUT2D eigenvalue weighted by atomic mass is 32.2. The van der Waals surface area contributed by atoms with Gasteiger partial charge < -0.3 is 16.8 Å². The van der Waals surface area contributed by atoms with Gasteiger partial charge in [0.05, 0.1) is 4.90 Å². The van der Waals surface area contributed by atoms with Crippen molar-refractivity contribution < 1.29 is 18.0 Å². The first-order valence-electron chi connectivity index (χ1n) is 12.6. The Hall–Kier alpha value is -3.79. The zero-order valence-electron chi connectivity index (χ0n) is 21.0. The minimum Gasteiger partial charge on any atom is -0.368 e. The molecule has 0 heterocycles. The monoisotopic (exact) mass is 532 g/mol. The number of rotatable bonds is 12. The highest BCUT2D eigenvalue weighted by Crippen LogP contribution is 2.24. The normalized spacial score (nSPS) is 13.3. The lowest BCUT2D eigenvalue weighted by Gasteiger charge is -2.23. The van der Waals surface area contributed by atoms with Crippen molar-refractivity contribution in [2.45, 2.75) is 42.7 Å². The highest BCUT2D eigenvalue weighted by molar-refractivity contribution is 7.89. The number of primary amides is 1. The molecular formula is C29H32N4O4S. The van der Waals surface area contributed by atoms with Crippen LogP contribution in [-0.4, -0.2) is 38.9 Å². The standard InChI is InChI=1S/C29H32N4O4S/c30-18-6-5-16-25(33-38(36,37)27-17-8-12-21-10-2-4-15-24(21)27)29(35)32-26(28(31)34)19-22-13-7-11-20-9-1-3-14-23(20)22/h1-4,7-15,17,25-26,33H,5-6,16,18-19,30H2,(H2,31,34)(H,32,35)/t25-,26-/m0/s1. The molecule has 6 N–H and O–H groups in total. The van der Waals surface area contributed by atoms with Crippen LogP contribution in [0.2, 0.25) is 0 Å². The number of amides is 2. The summed E-state index contributed by atoms with van der Waals surface area (Å²) in [5.74, 6) is -1.32. The third-order valence-electron chi connectivity index (χ3n) is 6.56. The second kappa shape index (κ2) is 12.2. The molecule has 0 bridgehead atoms. The van der Waals surface area contributed by atoms with Gasteiger partial charge in [0.2, 0.25) is 21.8 Å². The molecular weight excluding hydrogens is 500 g/mol. The van der Waals surface area contributed by atoms with Crippen LogP contribution in [0.1, 0.15) is 24.8 Å². The lowest BCUT2D eigenvalue weighted by molar-refractivity contribution is -0.128. The minimum atomic E-state index is -4.07. The molecule has 9 heteroatoms. The van der Waals surface area contributed by atoms with Gasteiger partial charge in [-0.2, -0.15) is 4.72 Å². The summed E-state index contributed by atoms with van der Waals surface area (Å²) in [6, 6.07) is 23.5. The molecule has 0 spiro atoms. The van der Waals surface area contributed by atoms with E-state index in [0.29, 0.717) is 24.8 Å². The number of hydrogen-bond donors (Lipinski definition) is 4. The number of nitrogens with two attached hydrogens (primary N) is 2. The molecule has 4 aromatic rings. The Morgan fingerprint density at radius 1 is 0.763 bits per heavy atom. The van der Waals surface area contributed by atoms with Crippen molar-refractivity contribution in [3.05, 3.63) is 90.5 Å². The molecule has 198 valence electrons. The van der Waals surface area contributed by atoms with Gasteiger partial charge >= 0.3 is 0 Å². The predicted molar refractivity (Wildman–Crippen MR) is 150 cm³/mol. The second-order valence-electron chi connectivity index (χ2n) is 9.24. The van der Waals surface area contributed by atoms with E-state index in [1.165, 1.54) is 6.07 Å². The van der Waals surface area contributed by atoms with Crippen LogP contribution < -0.4 is 21.5 Å². The Morgan fingerprint density at radius 3 is 2.05 bits per heavy atom. The van der Waals surface area contributed by atoms with Crippen LogP contribution >= 0.6 is 0 Å². The first-order chi connectivity index (χ1) is 18.3. The summed E-state index contributed by atoms with van der Waals surface area (Å²) in [6.45, 7) is 0.412. The number of hydrogen-bond acceptors (Lipinski definition) is 5. The summed E-state index contributed by atoms with van der Waals surface area (Å²) >= 11 is 0. The quantitative estimate of drug-likeness (QED) is 0.207. The molecule has 2 atom stereocenters. The maximum Gasteiger partial charge on any atom is 0.241 e. The molecule has 4 aromatic carbocycles. The van der Waals surface area contributed by atoms with Gasteiger partial charge in [0.1, 0.15) is 12.1 Å². The fourth-order valence-corrected chi connectivity index (χ4v) is 6.06. The van der Waals surface area contributed by atoms with Gasteiger partial charge in [-0.3, -0.25) is 9.59 Å². The van der Waals surface area contributed by atoms with Crippen molar-refractivity contribution in [3.8, 4) is 0 Å². The molecule has 2 amide bonds. The van der Waals surface area contributed by atoms with Gasteiger partial charge in [0, 0.05) is 11.8 Å². The van der Waals surface area contributed by atoms with Crippen molar-refractivity contribution in [1.29, 1.82) is 0 Å². The molecule has 38 heavy (non-hydrogen) atoms. The van der Waals surface area contributed by atoms with E-state index in [9.17, 15) is 18.0 Å². The number of sulfonamides is 1. The summed E-state index contributed by atoms with van der Waals surface area (Å²) in [6.07, 6.45) is 1.53. The summed E-state index contributed by atoms with van der Waals surface area (Å²) < 4.78 is 29.5. The molecule has 0 fully saturated rings. The smallest absolute Gasteiger partial charge is 0.241 e. The van der Waals surface area contributed by atoms with Gasteiger partial charge in [-0.15, -0.1) is 0 Å². The number of fused-ring (bicyclic) bond motifs is 2. The molecule has 0 saturated carbocycles. The third-order valence-corrected chi connectivity index (χ3v) is 8.09. The van der Waals surface area contributed by atoms with Crippen LogP contribution in [0.15, 0.2) is 89.8 Å². The van der Waals surface area contributed by atoms with E-state index in [0.717, 1.165) is 21.7 Å². The van der Waals surface area contributed by atoms with Crippen LogP contribution in [0, 0.1) is 0 Å². The van der Waals surface area contributed by atoms with Gasteiger partial charge in [-0.25, -0.2) is 8.42 Å². The van der Waals surface area contributed by atoms with Crippen molar-refractivity contribution in [2.24, 2.45) is 11.5 Å². The molecule has 0 aromatic heterocycles. The Morgan fingerprint density at radius 2 is 1.37 bits per heavy atom. The first-order valence-corrected chi connectivity index (χ1v) is 14.0. The lowest BCUT2D eigenvalue weighted by atomic mass is 9.98. The summed E-state index contributed by atoms with van der Waals surface area (Å²) in [4.78, 5) is 25.8.